The predicted octanol–water partition coefficient (Wildman–Crippen LogP) is 5.16. The molecule has 0 spiro atoms. The molecule has 35 heavy (non-hydrogen) atoms. The van der Waals surface area contributed by atoms with E-state index in [9.17, 15) is 19.8 Å². The van der Waals surface area contributed by atoms with E-state index in [1.165, 1.54) is 31.3 Å². The van der Waals surface area contributed by atoms with Crippen LogP contribution in [0.4, 0.5) is 5.69 Å². The molecule has 1 unspecified atom stereocenters. The molecule has 3 aromatic rings. The van der Waals surface area contributed by atoms with Gasteiger partial charge in [-0.1, -0.05) is 44.2 Å². The third kappa shape index (κ3) is 4.21. The number of amides is 1. The summed E-state index contributed by atoms with van der Waals surface area (Å²) in [5, 5.41) is 21.6. The average molecular weight is 474 g/mol. The molecule has 1 heterocycles. The Morgan fingerprint density at radius 2 is 1.51 bits per heavy atom. The Hall–Kier alpha value is -4.26. The van der Waals surface area contributed by atoms with Gasteiger partial charge in [-0.3, -0.25) is 14.5 Å². The monoisotopic (exact) mass is 473 g/mol. The molecule has 1 atom stereocenters. The lowest BCUT2D eigenvalue weighted by molar-refractivity contribution is -0.132. The fourth-order valence-corrected chi connectivity index (χ4v) is 4.35. The van der Waals surface area contributed by atoms with E-state index < -0.39 is 23.5 Å². The van der Waals surface area contributed by atoms with Crippen LogP contribution in [0.1, 0.15) is 42.5 Å². The molecule has 1 amide bonds. The largest absolute Gasteiger partial charge is 0.508 e. The van der Waals surface area contributed by atoms with Gasteiger partial charge in [0.25, 0.3) is 11.7 Å². The third-order valence-corrected chi connectivity index (χ3v) is 6.13. The molecule has 7 nitrogen and oxygen atoms in total. The van der Waals surface area contributed by atoms with E-state index in [2.05, 4.69) is 13.8 Å². The van der Waals surface area contributed by atoms with Crippen molar-refractivity contribution in [3.8, 4) is 17.2 Å². The lowest BCUT2D eigenvalue weighted by Crippen LogP contribution is -2.29. The molecule has 0 bridgehead atoms. The number of benzene rings is 3. The molecular formula is C28H27NO6. The van der Waals surface area contributed by atoms with Crippen LogP contribution in [0.25, 0.3) is 5.76 Å². The highest BCUT2D eigenvalue weighted by molar-refractivity contribution is 6.51. The van der Waals surface area contributed by atoms with Crippen molar-refractivity contribution in [2.75, 3.05) is 19.1 Å². The summed E-state index contributed by atoms with van der Waals surface area (Å²) in [6, 6.07) is 17.6. The number of methoxy groups -OCH3 is 2. The van der Waals surface area contributed by atoms with Gasteiger partial charge < -0.3 is 19.7 Å². The van der Waals surface area contributed by atoms with Gasteiger partial charge in [-0.15, -0.1) is 0 Å². The SMILES string of the molecule is COc1cccc(OC)c1/C(O)=C1\C(=O)C(=O)N(c2ccc(C(C)C)cc2)C1c1cccc(O)c1. The topological polar surface area (TPSA) is 96.3 Å². The van der Waals surface area contributed by atoms with Gasteiger partial charge in [-0.05, 0) is 53.4 Å². The minimum atomic E-state index is -0.985. The van der Waals surface area contributed by atoms with E-state index in [1.54, 1.807) is 42.5 Å². The Balaban J connectivity index is 1.98. The first-order chi connectivity index (χ1) is 16.8. The van der Waals surface area contributed by atoms with Gasteiger partial charge >= 0.3 is 0 Å². The maximum absolute atomic E-state index is 13.4. The Kier molecular flexibility index (Phi) is 6.51. The van der Waals surface area contributed by atoms with Gasteiger partial charge in [0, 0.05) is 5.69 Å². The number of aliphatic hydroxyl groups excluding tert-OH is 1. The van der Waals surface area contributed by atoms with E-state index in [1.807, 2.05) is 12.1 Å². The molecule has 1 fully saturated rings. The number of anilines is 1. The molecule has 7 heteroatoms. The summed E-state index contributed by atoms with van der Waals surface area (Å²) in [5.41, 5.74) is 2.08. The number of ether oxygens (including phenoxy) is 2. The van der Waals surface area contributed by atoms with Crippen molar-refractivity contribution in [1.29, 1.82) is 0 Å². The Labute approximate surface area is 203 Å². The van der Waals surface area contributed by atoms with E-state index in [-0.39, 0.29) is 28.4 Å². The van der Waals surface area contributed by atoms with Crippen LogP contribution < -0.4 is 14.4 Å². The van der Waals surface area contributed by atoms with Crippen molar-refractivity contribution in [2.45, 2.75) is 25.8 Å². The lowest BCUT2D eigenvalue weighted by atomic mass is 9.94. The van der Waals surface area contributed by atoms with Crippen LogP contribution in [-0.2, 0) is 9.59 Å². The Morgan fingerprint density at radius 3 is 2.06 bits per heavy atom. The van der Waals surface area contributed by atoms with Gasteiger partial charge in [-0.2, -0.15) is 0 Å². The lowest BCUT2D eigenvalue weighted by Gasteiger charge is -2.26. The van der Waals surface area contributed by atoms with Crippen LogP contribution in [0.5, 0.6) is 17.2 Å². The fourth-order valence-electron chi connectivity index (χ4n) is 4.35. The maximum atomic E-state index is 13.4. The maximum Gasteiger partial charge on any atom is 0.300 e. The molecular weight excluding hydrogens is 446 g/mol. The number of aliphatic hydroxyl groups is 1. The molecule has 180 valence electrons. The first-order valence-electron chi connectivity index (χ1n) is 11.2. The zero-order valence-corrected chi connectivity index (χ0v) is 20.0. The van der Waals surface area contributed by atoms with Gasteiger partial charge in [0.15, 0.2) is 0 Å². The summed E-state index contributed by atoms with van der Waals surface area (Å²) in [5.74, 6) is -1.24. The number of aromatic hydroxyl groups is 1. The quantitative estimate of drug-likeness (QED) is 0.292. The minimum Gasteiger partial charge on any atom is -0.508 e. The third-order valence-electron chi connectivity index (χ3n) is 6.13. The van der Waals surface area contributed by atoms with Gasteiger partial charge in [0.2, 0.25) is 0 Å². The van der Waals surface area contributed by atoms with Crippen molar-refractivity contribution in [2.24, 2.45) is 0 Å². The first kappa shape index (κ1) is 23.9. The van der Waals surface area contributed by atoms with Crippen LogP contribution in [-0.4, -0.2) is 36.1 Å². The van der Waals surface area contributed by atoms with Gasteiger partial charge in [0.05, 0.1) is 25.8 Å². The zero-order valence-electron chi connectivity index (χ0n) is 20.0. The zero-order chi connectivity index (χ0) is 25.3. The van der Waals surface area contributed by atoms with Crippen molar-refractivity contribution >= 4 is 23.1 Å². The second-order valence-electron chi connectivity index (χ2n) is 8.55. The molecule has 3 aromatic carbocycles. The first-order valence-corrected chi connectivity index (χ1v) is 11.2. The fraction of sp³-hybridized carbons (Fsp3) is 0.214. The second kappa shape index (κ2) is 9.54. The van der Waals surface area contributed by atoms with Crippen molar-refractivity contribution in [1.82, 2.24) is 0 Å². The Bertz CT molecular complexity index is 1290. The molecule has 0 aromatic heterocycles. The summed E-state index contributed by atoms with van der Waals surface area (Å²) in [4.78, 5) is 28.1. The average Bonchev–Trinajstić information content (AvgIpc) is 3.13. The number of hydrogen-bond acceptors (Lipinski definition) is 6. The van der Waals surface area contributed by atoms with E-state index in [0.717, 1.165) is 5.56 Å². The number of nitrogens with zero attached hydrogens (tertiary/aromatic N) is 1. The summed E-state index contributed by atoms with van der Waals surface area (Å²) in [7, 11) is 2.88. The van der Waals surface area contributed by atoms with Crippen molar-refractivity contribution in [3.05, 3.63) is 89.0 Å². The van der Waals surface area contributed by atoms with Gasteiger partial charge in [0.1, 0.15) is 28.6 Å². The smallest absolute Gasteiger partial charge is 0.300 e. The second-order valence-corrected chi connectivity index (χ2v) is 8.55. The molecule has 1 aliphatic rings. The number of rotatable bonds is 6. The number of Topliss-reactive ketones (excluding diaryl/α,β-unsaturated/α-hetero) is 1. The van der Waals surface area contributed by atoms with Crippen LogP contribution in [0.3, 0.4) is 0 Å². The standard InChI is InChI=1S/C28H27NO6/c1-16(2)17-11-13-19(14-12-17)29-25(18-7-5-8-20(30)15-18)24(27(32)28(29)33)26(31)23-21(34-3)9-6-10-22(23)35-4/h5-16,25,30-31H,1-4H3/b26-24+. The van der Waals surface area contributed by atoms with Crippen LogP contribution in [0.15, 0.2) is 72.3 Å². The van der Waals surface area contributed by atoms with Crippen molar-refractivity contribution < 1.29 is 29.3 Å². The predicted molar refractivity (Wildman–Crippen MR) is 133 cm³/mol. The van der Waals surface area contributed by atoms with Gasteiger partial charge in [-0.25, -0.2) is 0 Å². The molecule has 0 saturated carbocycles. The van der Waals surface area contributed by atoms with Crippen molar-refractivity contribution in [3.63, 3.8) is 0 Å². The highest BCUT2D eigenvalue weighted by Crippen LogP contribution is 2.45. The minimum absolute atomic E-state index is 0.0295. The highest BCUT2D eigenvalue weighted by atomic mass is 16.5. The molecule has 4 rings (SSSR count). The molecule has 1 aliphatic heterocycles. The Morgan fingerprint density at radius 1 is 0.914 bits per heavy atom. The number of ketones is 1. The van der Waals surface area contributed by atoms with Crippen LogP contribution in [0.2, 0.25) is 0 Å². The summed E-state index contributed by atoms with van der Waals surface area (Å²) in [6.07, 6.45) is 0. The van der Waals surface area contributed by atoms with E-state index in [0.29, 0.717) is 17.2 Å². The number of phenols is 1. The molecule has 2 N–H and O–H groups in total. The van der Waals surface area contributed by atoms with Crippen LogP contribution >= 0.6 is 0 Å². The summed E-state index contributed by atoms with van der Waals surface area (Å²) < 4.78 is 10.8. The number of carbonyl (C=O) groups is 2. The normalized spacial score (nSPS) is 17.2. The van der Waals surface area contributed by atoms with Crippen LogP contribution in [0, 0.1) is 0 Å². The molecule has 1 saturated heterocycles. The highest BCUT2D eigenvalue weighted by Gasteiger charge is 2.47. The number of phenolic OH excluding ortho intramolecular Hbond substituents is 1. The van der Waals surface area contributed by atoms with E-state index in [4.69, 9.17) is 9.47 Å². The van der Waals surface area contributed by atoms with E-state index >= 15 is 0 Å². The summed E-state index contributed by atoms with van der Waals surface area (Å²) in [6.45, 7) is 4.13. The number of carbonyl (C=O) groups excluding carboxylic acids is 2. The summed E-state index contributed by atoms with van der Waals surface area (Å²) >= 11 is 0. The molecule has 0 aliphatic carbocycles. The number of hydrogen-bond donors (Lipinski definition) is 2. The molecule has 0 radical (unpaired) electrons.